The van der Waals surface area contributed by atoms with Gasteiger partial charge >= 0.3 is 5.97 Å². The molecule has 1 unspecified atom stereocenters. The van der Waals surface area contributed by atoms with E-state index in [1.807, 2.05) is 24.3 Å². The van der Waals surface area contributed by atoms with Gasteiger partial charge in [0.2, 0.25) is 0 Å². The number of hydrogen-bond acceptors (Lipinski definition) is 1. The average molecular weight is 286 g/mol. The Morgan fingerprint density at radius 1 is 1.24 bits per heavy atom. The first kappa shape index (κ1) is 17.2. The summed E-state index contributed by atoms with van der Waals surface area (Å²) in [6.07, 6.45) is 10.8. The number of aliphatic carboxylic acids is 1. The van der Waals surface area contributed by atoms with E-state index < -0.39 is 5.97 Å². The molecule has 1 aromatic carbocycles. The van der Waals surface area contributed by atoms with Crippen molar-refractivity contribution < 1.29 is 9.90 Å². The Kier molecular flexibility index (Phi) is 6.93. The minimum Gasteiger partial charge on any atom is -0.481 e. The van der Waals surface area contributed by atoms with E-state index >= 15 is 0 Å². The van der Waals surface area contributed by atoms with Crippen LogP contribution in [0.5, 0.6) is 0 Å². The molecule has 0 radical (unpaired) electrons. The van der Waals surface area contributed by atoms with E-state index in [1.165, 1.54) is 5.56 Å². The van der Waals surface area contributed by atoms with E-state index in [1.54, 1.807) is 6.92 Å². The molecule has 21 heavy (non-hydrogen) atoms. The van der Waals surface area contributed by atoms with Crippen molar-refractivity contribution >= 4 is 5.97 Å². The highest BCUT2D eigenvalue weighted by Crippen LogP contribution is 2.24. The molecule has 0 aliphatic carbocycles. The number of allylic oxidation sites excluding steroid dienone is 4. The summed E-state index contributed by atoms with van der Waals surface area (Å²) >= 11 is 0. The van der Waals surface area contributed by atoms with Gasteiger partial charge in [-0.15, -0.1) is 0 Å². The second kappa shape index (κ2) is 8.46. The molecule has 0 spiro atoms. The molecule has 1 atom stereocenters. The Morgan fingerprint density at radius 2 is 1.90 bits per heavy atom. The summed E-state index contributed by atoms with van der Waals surface area (Å²) in [6, 6.07) is 10.5. The molecule has 0 heterocycles. The summed E-state index contributed by atoms with van der Waals surface area (Å²) in [5.41, 5.74) is 1.50. The van der Waals surface area contributed by atoms with Crippen molar-refractivity contribution in [3.63, 3.8) is 0 Å². The normalized spacial score (nSPS) is 13.9. The Bertz CT molecular complexity index is 484. The first-order chi connectivity index (χ1) is 9.91. The zero-order chi connectivity index (χ0) is 15.7. The molecular weight excluding hydrogens is 260 g/mol. The van der Waals surface area contributed by atoms with Crippen LogP contribution in [0.15, 0.2) is 54.6 Å². The maximum atomic E-state index is 10.7. The average Bonchev–Trinajstić information content (AvgIpc) is 2.45. The van der Waals surface area contributed by atoms with Crippen molar-refractivity contribution in [2.24, 2.45) is 11.3 Å². The zero-order valence-corrected chi connectivity index (χ0v) is 13.3. The molecule has 114 valence electrons. The first-order valence-corrected chi connectivity index (χ1v) is 7.52. The maximum Gasteiger partial charge on any atom is 0.306 e. The summed E-state index contributed by atoms with van der Waals surface area (Å²) in [6.45, 7) is 6.17. The summed E-state index contributed by atoms with van der Waals surface area (Å²) in [5.74, 6) is -1.06. The number of benzene rings is 1. The molecule has 0 bridgehead atoms. The summed E-state index contributed by atoms with van der Waals surface area (Å²) in [5, 5.41) is 8.79. The SMILES string of the molecule is CC(C/C=C/C=C/C(C)(C)CCc1ccccc1)C(=O)O. The van der Waals surface area contributed by atoms with Crippen molar-refractivity contribution in [3.8, 4) is 0 Å². The van der Waals surface area contributed by atoms with Gasteiger partial charge in [-0.1, -0.05) is 75.4 Å². The van der Waals surface area contributed by atoms with Gasteiger partial charge in [-0.3, -0.25) is 4.79 Å². The molecule has 1 N–H and O–H groups in total. The Hall–Kier alpha value is -1.83. The van der Waals surface area contributed by atoms with Crippen LogP contribution in [0.4, 0.5) is 0 Å². The fourth-order valence-corrected chi connectivity index (χ4v) is 1.97. The Labute approximate surface area is 128 Å². The van der Waals surface area contributed by atoms with E-state index in [2.05, 4.69) is 44.2 Å². The van der Waals surface area contributed by atoms with Gasteiger partial charge < -0.3 is 5.11 Å². The highest BCUT2D eigenvalue weighted by molar-refractivity contribution is 5.69. The van der Waals surface area contributed by atoms with Crippen LogP contribution in [-0.2, 0) is 11.2 Å². The van der Waals surface area contributed by atoms with E-state index in [0.29, 0.717) is 6.42 Å². The molecule has 1 aromatic rings. The van der Waals surface area contributed by atoms with Gasteiger partial charge in [0.15, 0.2) is 0 Å². The zero-order valence-electron chi connectivity index (χ0n) is 13.3. The molecule has 1 rings (SSSR count). The van der Waals surface area contributed by atoms with Gasteiger partial charge in [-0.25, -0.2) is 0 Å². The number of hydrogen-bond donors (Lipinski definition) is 1. The van der Waals surface area contributed by atoms with Crippen LogP contribution < -0.4 is 0 Å². The van der Waals surface area contributed by atoms with Crippen LogP contribution in [0.1, 0.15) is 39.2 Å². The van der Waals surface area contributed by atoms with Crippen LogP contribution in [0.25, 0.3) is 0 Å². The van der Waals surface area contributed by atoms with Crippen LogP contribution in [-0.4, -0.2) is 11.1 Å². The third-order valence-electron chi connectivity index (χ3n) is 3.61. The lowest BCUT2D eigenvalue weighted by molar-refractivity contribution is -0.140. The van der Waals surface area contributed by atoms with Crippen LogP contribution in [0.2, 0.25) is 0 Å². The molecule has 0 amide bonds. The third kappa shape index (κ3) is 7.50. The fraction of sp³-hybridized carbons (Fsp3) is 0.421. The van der Waals surface area contributed by atoms with Gasteiger partial charge in [0.05, 0.1) is 5.92 Å². The lowest BCUT2D eigenvalue weighted by Crippen LogP contribution is -2.08. The van der Waals surface area contributed by atoms with Crippen molar-refractivity contribution in [2.45, 2.75) is 40.0 Å². The monoisotopic (exact) mass is 286 g/mol. The van der Waals surface area contributed by atoms with Crippen molar-refractivity contribution in [2.75, 3.05) is 0 Å². The highest BCUT2D eigenvalue weighted by Gasteiger charge is 2.13. The molecule has 2 nitrogen and oxygen atoms in total. The molecular formula is C19H26O2. The molecule has 0 aliphatic rings. The smallest absolute Gasteiger partial charge is 0.306 e. The topological polar surface area (TPSA) is 37.3 Å². The minimum absolute atomic E-state index is 0.137. The lowest BCUT2D eigenvalue weighted by atomic mass is 9.86. The summed E-state index contributed by atoms with van der Waals surface area (Å²) in [7, 11) is 0. The predicted molar refractivity (Wildman–Crippen MR) is 88.2 cm³/mol. The Balaban J connectivity index is 2.39. The van der Waals surface area contributed by atoms with Gasteiger partial charge in [-0.2, -0.15) is 0 Å². The van der Waals surface area contributed by atoms with Crippen LogP contribution >= 0.6 is 0 Å². The Morgan fingerprint density at radius 3 is 2.52 bits per heavy atom. The first-order valence-electron chi connectivity index (χ1n) is 7.52. The molecule has 0 saturated carbocycles. The molecule has 0 aromatic heterocycles. The quantitative estimate of drug-likeness (QED) is 0.692. The van der Waals surface area contributed by atoms with Crippen molar-refractivity contribution in [3.05, 3.63) is 60.2 Å². The van der Waals surface area contributed by atoms with Crippen molar-refractivity contribution in [1.29, 1.82) is 0 Å². The highest BCUT2D eigenvalue weighted by atomic mass is 16.4. The fourth-order valence-electron chi connectivity index (χ4n) is 1.97. The molecule has 0 aliphatic heterocycles. The number of carbonyl (C=O) groups is 1. The van der Waals surface area contributed by atoms with Gasteiger partial charge in [0.25, 0.3) is 0 Å². The van der Waals surface area contributed by atoms with Crippen LogP contribution in [0.3, 0.4) is 0 Å². The van der Waals surface area contributed by atoms with Gasteiger partial charge in [0, 0.05) is 0 Å². The summed E-state index contributed by atoms with van der Waals surface area (Å²) in [4.78, 5) is 10.7. The standard InChI is InChI=1S/C19H26O2/c1-16(18(20)21)10-6-5-9-14-19(2,3)15-13-17-11-7-4-8-12-17/h4-9,11-12,14,16H,10,13,15H2,1-3H3,(H,20,21)/b6-5+,14-9+. The second-order valence-corrected chi connectivity index (χ2v) is 6.24. The number of aryl methyl sites for hydroxylation is 1. The van der Waals surface area contributed by atoms with E-state index in [9.17, 15) is 4.79 Å². The van der Waals surface area contributed by atoms with E-state index in [-0.39, 0.29) is 11.3 Å². The number of rotatable bonds is 8. The summed E-state index contributed by atoms with van der Waals surface area (Å²) < 4.78 is 0. The van der Waals surface area contributed by atoms with Gasteiger partial charge in [-0.05, 0) is 30.2 Å². The molecule has 2 heteroatoms. The lowest BCUT2D eigenvalue weighted by Gasteiger charge is -2.19. The predicted octanol–water partition coefficient (Wildman–Crippen LogP) is 4.87. The van der Waals surface area contributed by atoms with Gasteiger partial charge in [0.1, 0.15) is 0 Å². The second-order valence-electron chi connectivity index (χ2n) is 6.24. The maximum absolute atomic E-state index is 10.7. The number of carboxylic acid groups (broad SMARTS) is 1. The molecule has 0 fully saturated rings. The van der Waals surface area contributed by atoms with E-state index in [4.69, 9.17) is 5.11 Å². The van der Waals surface area contributed by atoms with Crippen molar-refractivity contribution in [1.82, 2.24) is 0 Å². The number of carboxylic acids is 1. The third-order valence-corrected chi connectivity index (χ3v) is 3.61. The molecule has 0 saturated heterocycles. The minimum atomic E-state index is -0.744. The van der Waals surface area contributed by atoms with E-state index in [0.717, 1.165) is 12.8 Å². The largest absolute Gasteiger partial charge is 0.481 e. The van der Waals surface area contributed by atoms with Crippen LogP contribution in [0, 0.1) is 11.3 Å².